The Kier molecular flexibility index (Phi) is 4.77. The fourth-order valence-electron chi connectivity index (χ4n) is 3.08. The highest BCUT2D eigenvalue weighted by Crippen LogP contribution is 2.33. The standard InChI is InChI=1S/C22H18BrN3O/c1-15-2-4-16(5-3-15)20-14-21(17-6-8-19(23)9-7-17)26(25-20)22(27)18-10-12-24-13-11-18/h2-14,21,25H,1H3. The molecule has 1 unspecified atom stereocenters. The second-order valence-electron chi connectivity index (χ2n) is 6.47. The van der Waals surface area contributed by atoms with Gasteiger partial charge in [0.15, 0.2) is 0 Å². The zero-order valence-corrected chi connectivity index (χ0v) is 16.3. The van der Waals surface area contributed by atoms with Crippen molar-refractivity contribution < 1.29 is 4.79 Å². The minimum absolute atomic E-state index is 0.0938. The Balaban J connectivity index is 1.72. The van der Waals surface area contributed by atoms with Gasteiger partial charge in [0.25, 0.3) is 5.91 Å². The molecule has 134 valence electrons. The van der Waals surface area contributed by atoms with Gasteiger partial charge in [-0.15, -0.1) is 0 Å². The Morgan fingerprint density at radius 2 is 1.67 bits per heavy atom. The number of pyridine rings is 1. The molecule has 0 saturated carbocycles. The van der Waals surface area contributed by atoms with Crippen LogP contribution >= 0.6 is 15.9 Å². The molecule has 0 fully saturated rings. The summed E-state index contributed by atoms with van der Waals surface area (Å²) in [6.45, 7) is 2.06. The first kappa shape index (κ1) is 17.5. The van der Waals surface area contributed by atoms with Crippen LogP contribution in [0.15, 0.2) is 83.6 Å². The van der Waals surface area contributed by atoms with Gasteiger partial charge >= 0.3 is 0 Å². The van der Waals surface area contributed by atoms with Crippen LogP contribution in [0.3, 0.4) is 0 Å². The second kappa shape index (κ2) is 7.37. The van der Waals surface area contributed by atoms with E-state index in [9.17, 15) is 4.79 Å². The second-order valence-corrected chi connectivity index (χ2v) is 7.38. The van der Waals surface area contributed by atoms with Gasteiger partial charge in [-0.05, 0) is 48.4 Å². The maximum atomic E-state index is 13.1. The molecular weight excluding hydrogens is 402 g/mol. The van der Waals surface area contributed by atoms with Crippen LogP contribution in [0.4, 0.5) is 0 Å². The molecule has 0 spiro atoms. The van der Waals surface area contributed by atoms with E-state index in [0.717, 1.165) is 21.3 Å². The molecule has 1 aliphatic heterocycles. The van der Waals surface area contributed by atoms with E-state index in [1.807, 2.05) is 24.3 Å². The third kappa shape index (κ3) is 3.64. The normalized spacial score (nSPS) is 16.0. The van der Waals surface area contributed by atoms with Crippen molar-refractivity contribution in [2.24, 2.45) is 0 Å². The number of aryl methyl sites for hydroxylation is 1. The maximum absolute atomic E-state index is 13.1. The first-order chi connectivity index (χ1) is 13.1. The molecule has 0 aliphatic carbocycles. The number of aromatic nitrogens is 1. The first-order valence-corrected chi connectivity index (χ1v) is 9.46. The van der Waals surface area contributed by atoms with Crippen LogP contribution in [0.25, 0.3) is 5.70 Å². The predicted octanol–water partition coefficient (Wildman–Crippen LogP) is 4.90. The molecule has 1 atom stereocenters. The molecular formula is C22H18BrN3O. The molecule has 4 rings (SSSR count). The van der Waals surface area contributed by atoms with Gasteiger partial charge in [0, 0.05) is 22.4 Å². The van der Waals surface area contributed by atoms with Gasteiger partial charge in [-0.2, -0.15) is 0 Å². The Morgan fingerprint density at radius 1 is 1.00 bits per heavy atom. The first-order valence-electron chi connectivity index (χ1n) is 8.66. The minimum atomic E-state index is -0.199. The molecule has 2 aromatic carbocycles. The van der Waals surface area contributed by atoms with Gasteiger partial charge in [0.2, 0.25) is 0 Å². The number of halogens is 1. The lowest BCUT2D eigenvalue weighted by atomic mass is 10.0. The third-order valence-corrected chi connectivity index (χ3v) is 5.09. The highest BCUT2D eigenvalue weighted by atomic mass is 79.9. The number of hydrogen-bond donors (Lipinski definition) is 1. The van der Waals surface area contributed by atoms with E-state index in [1.54, 1.807) is 29.5 Å². The van der Waals surface area contributed by atoms with Crippen LogP contribution in [0.1, 0.15) is 33.1 Å². The van der Waals surface area contributed by atoms with E-state index in [0.29, 0.717) is 5.56 Å². The lowest BCUT2D eigenvalue weighted by molar-refractivity contribution is 0.0672. The van der Waals surface area contributed by atoms with Crippen LogP contribution in [0.2, 0.25) is 0 Å². The summed E-state index contributed by atoms with van der Waals surface area (Å²) >= 11 is 3.47. The summed E-state index contributed by atoms with van der Waals surface area (Å²) in [5.41, 5.74) is 8.10. The number of hydrazine groups is 1. The fraction of sp³-hybridized carbons (Fsp3) is 0.0909. The average molecular weight is 420 g/mol. The molecule has 0 radical (unpaired) electrons. The minimum Gasteiger partial charge on any atom is -0.295 e. The van der Waals surface area contributed by atoms with E-state index >= 15 is 0 Å². The van der Waals surface area contributed by atoms with Gasteiger partial charge in [-0.1, -0.05) is 57.9 Å². The van der Waals surface area contributed by atoms with E-state index in [1.165, 1.54) is 5.56 Å². The van der Waals surface area contributed by atoms with Crippen molar-refractivity contribution in [3.63, 3.8) is 0 Å². The van der Waals surface area contributed by atoms with Crippen molar-refractivity contribution in [2.75, 3.05) is 0 Å². The molecule has 3 aromatic rings. The summed E-state index contributed by atoms with van der Waals surface area (Å²) in [5.74, 6) is -0.0938. The molecule has 4 nitrogen and oxygen atoms in total. The molecule has 0 saturated heterocycles. The Hall–Kier alpha value is -2.92. The topological polar surface area (TPSA) is 45.2 Å². The van der Waals surface area contributed by atoms with Crippen LogP contribution in [-0.4, -0.2) is 15.9 Å². The zero-order chi connectivity index (χ0) is 18.8. The lowest BCUT2D eigenvalue weighted by Crippen LogP contribution is -2.39. The average Bonchev–Trinajstić information content (AvgIpc) is 3.14. The monoisotopic (exact) mass is 419 g/mol. The molecule has 1 N–H and O–H groups in total. The highest BCUT2D eigenvalue weighted by Gasteiger charge is 2.31. The zero-order valence-electron chi connectivity index (χ0n) is 14.8. The molecule has 0 bridgehead atoms. The molecule has 27 heavy (non-hydrogen) atoms. The van der Waals surface area contributed by atoms with Crippen molar-refractivity contribution in [2.45, 2.75) is 13.0 Å². The number of nitrogens with zero attached hydrogens (tertiary/aromatic N) is 2. The summed E-state index contributed by atoms with van der Waals surface area (Å²) in [4.78, 5) is 17.1. The third-order valence-electron chi connectivity index (χ3n) is 4.56. The molecule has 1 aliphatic rings. The van der Waals surface area contributed by atoms with Crippen molar-refractivity contribution in [3.05, 3.63) is 106 Å². The Labute approximate surface area is 166 Å². The quantitative estimate of drug-likeness (QED) is 0.656. The van der Waals surface area contributed by atoms with Gasteiger partial charge in [-0.25, -0.2) is 5.01 Å². The van der Waals surface area contributed by atoms with Gasteiger partial charge in [0.1, 0.15) is 0 Å². The van der Waals surface area contributed by atoms with Crippen LogP contribution in [0.5, 0.6) is 0 Å². The van der Waals surface area contributed by atoms with Crippen molar-refractivity contribution >= 4 is 27.5 Å². The van der Waals surface area contributed by atoms with Crippen LogP contribution in [-0.2, 0) is 0 Å². The van der Waals surface area contributed by atoms with Crippen molar-refractivity contribution in [3.8, 4) is 0 Å². The largest absolute Gasteiger partial charge is 0.295 e. The molecule has 1 amide bonds. The van der Waals surface area contributed by atoms with Gasteiger partial charge < -0.3 is 0 Å². The van der Waals surface area contributed by atoms with Gasteiger partial charge in [-0.3, -0.25) is 15.2 Å². The summed E-state index contributed by atoms with van der Waals surface area (Å²) in [7, 11) is 0. The highest BCUT2D eigenvalue weighted by molar-refractivity contribution is 9.10. The summed E-state index contributed by atoms with van der Waals surface area (Å²) in [6, 6.07) is 19.6. The van der Waals surface area contributed by atoms with E-state index in [-0.39, 0.29) is 11.9 Å². The summed E-state index contributed by atoms with van der Waals surface area (Å²) in [5, 5.41) is 1.67. The number of nitrogens with one attached hydrogen (secondary N) is 1. The number of carbonyl (C=O) groups excluding carboxylic acids is 1. The summed E-state index contributed by atoms with van der Waals surface area (Å²) in [6.07, 6.45) is 5.35. The lowest BCUT2D eigenvalue weighted by Gasteiger charge is -2.25. The van der Waals surface area contributed by atoms with Crippen molar-refractivity contribution in [1.82, 2.24) is 15.4 Å². The number of hydrogen-bond acceptors (Lipinski definition) is 3. The van der Waals surface area contributed by atoms with E-state index in [2.05, 4.69) is 63.6 Å². The maximum Gasteiger partial charge on any atom is 0.273 e. The molecule has 2 heterocycles. The van der Waals surface area contributed by atoms with Crippen LogP contribution < -0.4 is 5.43 Å². The van der Waals surface area contributed by atoms with Crippen LogP contribution in [0, 0.1) is 6.92 Å². The summed E-state index contributed by atoms with van der Waals surface area (Å²) < 4.78 is 1.01. The predicted molar refractivity (Wildman–Crippen MR) is 110 cm³/mol. The van der Waals surface area contributed by atoms with Gasteiger partial charge in [0.05, 0.1) is 11.7 Å². The smallest absolute Gasteiger partial charge is 0.273 e. The number of benzene rings is 2. The number of carbonyl (C=O) groups is 1. The van der Waals surface area contributed by atoms with E-state index in [4.69, 9.17) is 0 Å². The fourth-order valence-corrected chi connectivity index (χ4v) is 3.34. The van der Waals surface area contributed by atoms with E-state index < -0.39 is 0 Å². The number of rotatable bonds is 3. The Bertz CT molecular complexity index is 982. The number of amides is 1. The SMILES string of the molecule is Cc1ccc(C2=CC(c3ccc(Br)cc3)N(C(=O)c3ccncc3)N2)cc1. The van der Waals surface area contributed by atoms with Crippen molar-refractivity contribution in [1.29, 1.82) is 0 Å². The molecule has 1 aromatic heterocycles. The Morgan fingerprint density at radius 3 is 2.33 bits per heavy atom. The molecule has 5 heteroatoms.